The lowest BCUT2D eigenvalue weighted by Crippen LogP contribution is -2.44. The molecule has 7 heteroatoms. The van der Waals surface area contributed by atoms with Crippen LogP contribution in [0.5, 0.6) is 0 Å². The normalized spacial score (nSPS) is 14.9. The minimum absolute atomic E-state index is 0.0165. The van der Waals surface area contributed by atoms with Gasteiger partial charge < -0.3 is 14.4 Å². The number of hydrogen-bond donors (Lipinski definition) is 0. The molecule has 0 bridgehead atoms. The Balaban J connectivity index is 1.83. The molecular formula is C22H23NO5S. The van der Waals surface area contributed by atoms with E-state index >= 15 is 0 Å². The zero-order chi connectivity index (χ0) is 20.6. The lowest BCUT2D eigenvalue weighted by Gasteiger charge is -2.30. The van der Waals surface area contributed by atoms with E-state index in [2.05, 4.69) is 0 Å². The summed E-state index contributed by atoms with van der Waals surface area (Å²) in [6.07, 6.45) is -1.03. The fourth-order valence-electron chi connectivity index (χ4n) is 2.95. The van der Waals surface area contributed by atoms with Gasteiger partial charge in [-0.2, -0.15) is 0 Å². The summed E-state index contributed by atoms with van der Waals surface area (Å²) >= 11 is 1.28. The van der Waals surface area contributed by atoms with Gasteiger partial charge in [0.15, 0.2) is 0 Å². The highest BCUT2D eigenvalue weighted by Gasteiger charge is 2.31. The molecule has 0 radical (unpaired) electrons. The predicted octanol–water partition coefficient (Wildman–Crippen LogP) is 3.12. The Morgan fingerprint density at radius 3 is 2.38 bits per heavy atom. The summed E-state index contributed by atoms with van der Waals surface area (Å²) in [4.78, 5) is 39.7. The smallest absolute Gasteiger partial charge is 0.340 e. The summed E-state index contributed by atoms with van der Waals surface area (Å²) < 4.78 is 11.0. The van der Waals surface area contributed by atoms with Crippen molar-refractivity contribution in [3.63, 3.8) is 0 Å². The van der Waals surface area contributed by atoms with Crippen LogP contribution in [0.4, 0.5) is 0 Å². The van der Waals surface area contributed by atoms with Gasteiger partial charge in [0.2, 0.25) is 6.10 Å². The molecule has 6 nitrogen and oxygen atoms in total. The molecule has 0 unspecified atom stereocenters. The number of hydrogen-bond acceptors (Lipinski definition) is 6. The second-order valence-corrected chi connectivity index (χ2v) is 7.64. The number of Topliss-reactive ketones (excluding diaryl/α,β-unsaturated/α-hetero) is 1. The van der Waals surface area contributed by atoms with Gasteiger partial charge in [-0.05, 0) is 19.1 Å². The highest BCUT2D eigenvalue weighted by atomic mass is 32.2. The van der Waals surface area contributed by atoms with Gasteiger partial charge in [-0.1, -0.05) is 42.5 Å². The van der Waals surface area contributed by atoms with Crippen LogP contribution in [0.15, 0.2) is 59.5 Å². The number of rotatable bonds is 7. The fourth-order valence-corrected chi connectivity index (χ4v) is 3.79. The van der Waals surface area contributed by atoms with E-state index in [0.717, 1.165) is 0 Å². The summed E-state index contributed by atoms with van der Waals surface area (Å²) in [7, 11) is 0. The van der Waals surface area contributed by atoms with Crippen molar-refractivity contribution in [2.24, 2.45) is 0 Å². The van der Waals surface area contributed by atoms with Crippen LogP contribution in [0.2, 0.25) is 0 Å². The van der Waals surface area contributed by atoms with Crippen molar-refractivity contribution >= 4 is 29.4 Å². The van der Waals surface area contributed by atoms with Crippen LogP contribution in [-0.4, -0.2) is 54.6 Å². The minimum atomic E-state index is -1.03. The zero-order valence-electron chi connectivity index (χ0n) is 16.2. The number of morpholine rings is 1. The fraction of sp³-hybridized carbons (Fsp3) is 0.318. The Hall–Kier alpha value is -2.64. The second-order valence-electron chi connectivity index (χ2n) is 6.62. The van der Waals surface area contributed by atoms with Crippen molar-refractivity contribution in [2.45, 2.75) is 17.9 Å². The summed E-state index contributed by atoms with van der Waals surface area (Å²) in [6, 6.07) is 15.9. The lowest BCUT2D eigenvalue weighted by atomic mass is 10.1. The molecule has 1 heterocycles. The number of carbonyl (C=O) groups is 3. The van der Waals surface area contributed by atoms with Gasteiger partial charge in [0.25, 0.3) is 5.91 Å². The van der Waals surface area contributed by atoms with Gasteiger partial charge in [-0.15, -0.1) is 11.8 Å². The molecule has 1 amide bonds. The lowest BCUT2D eigenvalue weighted by molar-refractivity contribution is -0.145. The zero-order valence-corrected chi connectivity index (χ0v) is 17.0. The van der Waals surface area contributed by atoms with Crippen molar-refractivity contribution in [3.8, 4) is 0 Å². The van der Waals surface area contributed by atoms with Crippen molar-refractivity contribution in [3.05, 3.63) is 65.7 Å². The topological polar surface area (TPSA) is 72.9 Å². The monoisotopic (exact) mass is 413 g/mol. The van der Waals surface area contributed by atoms with Gasteiger partial charge in [0.05, 0.1) is 24.5 Å². The van der Waals surface area contributed by atoms with Crippen molar-refractivity contribution < 1.29 is 23.9 Å². The number of nitrogens with zero attached hydrogens (tertiary/aromatic N) is 1. The number of esters is 1. The summed E-state index contributed by atoms with van der Waals surface area (Å²) in [5.74, 6) is -0.573. The molecular weight excluding hydrogens is 390 g/mol. The Bertz CT molecular complexity index is 865. The van der Waals surface area contributed by atoms with Crippen molar-refractivity contribution in [2.75, 3.05) is 32.1 Å². The van der Waals surface area contributed by atoms with Gasteiger partial charge in [-0.3, -0.25) is 9.59 Å². The maximum atomic E-state index is 13.1. The van der Waals surface area contributed by atoms with Crippen LogP contribution in [0.25, 0.3) is 0 Å². The van der Waals surface area contributed by atoms with E-state index < -0.39 is 12.1 Å². The highest BCUT2D eigenvalue weighted by Crippen LogP contribution is 2.27. The highest BCUT2D eigenvalue weighted by molar-refractivity contribution is 8.00. The van der Waals surface area contributed by atoms with Gasteiger partial charge >= 0.3 is 5.97 Å². The molecule has 3 rings (SSSR count). The minimum Gasteiger partial charge on any atom is -0.444 e. The Morgan fingerprint density at radius 2 is 1.69 bits per heavy atom. The standard InChI is InChI=1S/C22H23NO5S/c1-16(24)15-29-19-10-6-5-9-18(19)22(26)28-20(17-7-3-2-4-8-17)21(25)23-11-13-27-14-12-23/h2-10,20H,11-15H2,1H3/t20-/m1/s1. The Labute approximate surface area is 174 Å². The van der Waals surface area contributed by atoms with E-state index in [1.807, 2.05) is 6.07 Å². The van der Waals surface area contributed by atoms with Crippen LogP contribution >= 0.6 is 11.8 Å². The average molecular weight is 413 g/mol. The molecule has 1 aliphatic rings. The molecule has 0 aromatic heterocycles. The molecule has 0 N–H and O–H groups in total. The molecule has 2 aromatic rings. The van der Waals surface area contributed by atoms with E-state index in [1.165, 1.54) is 18.7 Å². The SMILES string of the molecule is CC(=O)CSc1ccccc1C(=O)O[C@@H](C(=O)N1CCOCC1)c1ccccc1. The predicted molar refractivity (Wildman–Crippen MR) is 110 cm³/mol. The number of thioether (sulfide) groups is 1. The van der Waals surface area contributed by atoms with Crippen molar-refractivity contribution in [1.29, 1.82) is 0 Å². The Kier molecular flexibility index (Phi) is 7.43. The first-order valence-corrected chi connectivity index (χ1v) is 10.4. The Morgan fingerprint density at radius 1 is 1.03 bits per heavy atom. The van der Waals surface area contributed by atoms with E-state index in [-0.39, 0.29) is 17.4 Å². The first-order valence-electron chi connectivity index (χ1n) is 9.40. The number of benzene rings is 2. The molecule has 152 valence electrons. The molecule has 29 heavy (non-hydrogen) atoms. The third-order valence-corrected chi connectivity index (χ3v) is 5.63. The maximum absolute atomic E-state index is 13.1. The maximum Gasteiger partial charge on any atom is 0.340 e. The second kappa shape index (κ2) is 10.2. The molecule has 1 saturated heterocycles. The van der Waals surface area contributed by atoms with Crippen molar-refractivity contribution in [1.82, 2.24) is 4.90 Å². The molecule has 1 aliphatic heterocycles. The number of amides is 1. The van der Waals surface area contributed by atoms with Crippen LogP contribution in [0.1, 0.15) is 28.9 Å². The van der Waals surface area contributed by atoms with Crippen LogP contribution in [0.3, 0.4) is 0 Å². The van der Waals surface area contributed by atoms with Gasteiger partial charge in [0, 0.05) is 23.5 Å². The van der Waals surface area contributed by atoms with Crippen LogP contribution < -0.4 is 0 Å². The van der Waals surface area contributed by atoms with Gasteiger partial charge in [0.1, 0.15) is 5.78 Å². The number of ether oxygens (including phenoxy) is 2. The third-order valence-electron chi connectivity index (χ3n) is 4.41. The van der Waals surface area contributed by atoms with E-state index in [1.54, 1.807) is 53.4 Å². The van der Waals surface area contributed by atoms with Crippen LogP contribution in [-0.2, 0) is 19.1 Å². The number of carbonyl (C=O) groups excluding carboxylic acids is 3. The summed E-state index contributed by atoms with van der Waals surface area (Å²) in [5, 5.41) is 0. The molecule has 1 fully saturated rings. The van der Waals surface area contributed by atoms with Crippen LogP contribution in [0, 0.1) is 0 Å². The summed E-state index contributed by atoms with van der Waals surface area (Å²) in [5.41, 5.74) is 0.959. The first kappa shape index (κ1) is 21.1. The molecule has 0 aliphatic carbocycles. The average Bonchev–Trinajstić information content (AvgIpc) is 2.77. The van der Waals surface area contributed by atoms with E-state index in [0.29, 0.717) is 42.3 Å². The molecule has 0 spiro atoms. The van der Waals surface area contributed by atoms with E-state index in [4.69, 9.17) is 9.47 Å². The molecule has 1 atom stereocenters. The molecule has 0 saturated carbocycles. The van der Waals surface area contributed by atoms with Gasteiger partial charge in [-0.25, -0.2) is 4.79 Å². The third kappa shape index (κ3) is 5.68. The number of ketones is 1. The van der Waals surface area contributed by atoms with E-state index in [9.17, 15) is 14.4 Å². The first-order chi connectivity index (χ1) is 14.1. The molecule has 2 aromatic carbocycles. The quantitative estimate of drug-likeness (QED) is 0.513. The largest absolute Gasteiger partial charge is 0.444 e. The summed E-state index contributed by atoms with van der Waals surface area (Å²) in [6.45, 7) is 3.35.